The first-order valence-corrected chi connectivity index (χ1v) is 11.3. The van der Waals surface area contributed by atoms with Gasteiger partial charge < -0.3 is 9.64 Å². The molecule has 1 saturated heterocycles. The van der Waals surface area contributed by atoms with E-state index in [1.54, 1.807) is 12.1 Å². The van der Waals surface area contributed by atoms with Gasteiger partial charge in [-0.1, -0.05) is 60.7 Å². The molecule has 1 fully saturated rings. The maximum atomic E-state index is 14.0. The summed E-state index contributed by atoms with van der Waals surface area (Å²) >= 11 is 0. The molecule has 0 atom stereocenters. The zero-order valence-electron chi connectivity index (χ0n) is 18.1. The molecule has 3 aromatic carbocycles. The fourth-order valence-corrected chi connectivity index (χ4v) is 4.49. The molecule has 2 heterocycles. The van der Waals surface area contributed by atoms with Crippen LogP contribution >= 0.6 is 0 Å². The van der Waals surface area contributed by atoms with Crippen LogP contribution in [0.5, 0.6) is 5.75 Å². The highest BCUT2D eigenvalue weighted by Gasteiger charge is 2.21. The van der Waals surface area contributed by atoms with Gasteiger partial charge in [0.1, 0.15) is 29.5 Å². The van der Waals surface area contributed by atoms with Crippen LogP contribution in [0.15, 0.2) is 84.9 Å². The molecule has 1 aromatic heterocycles. The molecule has 0 N–H and O–H groups in total. The van der Waals surface area contributed by atoms with Crippen LogP contribution in [0.4, 0.5) is 10.2 Å². The summed E-state index contributed by atoms with van der Waals surface area (Å²) in [5.41, 5.74) is 2.79. The Morgan fingerprint density at radius 3 is 2.44 bits per heavy atom. The van der Waals surface area contributed by atoms with E-state index >= 15 is 0 Å². The minimum Gasteiger partial charge on any atom is -0.487 e. The van der Waals surface area contributed by atoms with E-state index in [9.17, 15) is 4.39 Å². The summed E-state index contributed by atoms with van der Waals surface area (Å²) in [6.07, 6.45) is 3.48. The Kier molecular flexibility index (Phi) is 6.02. The van der Waals surface area contributed by atoms with Crippen LogP contribution in [0.1, 0.15) is 24.0 Å². The van der Waals surface area contributed by atoms with Crippen LogP contribution in [-0.2, 0) is 13.0 Å². The van der Waals surface area contributed by atoms with Gasteiger partial charge in [-0.05, 0) is 55.0 Å². The van der Waals surface area contributed by atoms with Crippen molar-refractivity contribution in [3.63, 3.8) is 0 Å². The van der Waals surface area contributed by atoms with Gasteiger partial charge in [0, 0.05) is 24.0 Å². The van der Waals surface area contributed by atoms with Crippen molar-refractivity contribution in [3.8, 4) is 5.75 Å². The first-order chi connectivity index (χ1) is 15.8. The standard InChI is InChI=1S/C28H27FN2O/c29-25-11-5-4-9-24(25)20-32-26-12-6-10-23-13-14-27(30-28(23)26)31-17-15-22(16-18-31)19-21-7-2-1-3-8-21/h1-14,22H,15-20H2. The molecule has 1 aliphatic rings. The number of pyridine rings is 1. The van der Waals surface area contributed by atoms with E-state index in [2.05, 4.69) is 47.4 Å². The zero-order chi connectivity index (χ0) is 21.8. The summed E-state index contributed by atoms with van der Waals surface area (Å²) in [5.74, 6) is 2.14. The summed E-state index contributed by atoms with van der Waals surface area (Å²) in [5, 5.41) is 1.03. The van der Waals surface area contributed by atoms with Crippen LogP contribution in [0.2, 0.25) is 0 Å². The number of hydrogen-bond acceptors (Lipinski definition) is 3. The van der Waals surface area contributed by atoms with Crippen molar-refractivity contribution in [1.82, 2.24) is 4.98 Å². The first kappa shape index (κ1) is 20.5. The molecule has 0 saturated carbocycles. The Morgan fingerprint density at radius 2 is 1.62 bits per heavy atom. The first-order valence-electron chi connectivity index (χ1n) is 11.3. The van der Waals surface area contributed by atoms with Crippen LogP contribution < -0.4 is 9.64 Å². The summed E-state index contributed by atoms with van der Waals surface area (Å²) in [7, 11) is 0. The highest BCUT2D eigenvalue weighted by Crippen LogP contribution is 2.30. The molecule has 4 heteroatoms. The molecule has 32 heavy (non-hydrogen) atoms. The summed E-state index contributed by atoms with van der Waals surface area (Å²) in [4.78, 5) is 7.32. The monoisotopic (exact) mass is 426 g/mol. The maximum absolute atomic E-state index is 14.0. The summed E-state index contributed by atoms with van der Waals surface area (Å²) in [6, 6.07) is 27.6. The highest BCUT2D eigenvalue weighted by molar-refractivity contribution is 5.86. The molecular weight excluding hydrogens is 399 g/mol. The molecule has 0 bridgehead atoms. The van der Waals surface area contributed by atoms with E-state index in [1.807, 2.05) is 24.3 Å². The predicted molar refractivity (Wildman–Crippen MR) is 128 cm³/mol. The molecule has 0 spiro atoms. The van der Waals surface area contributed by atoms with Gasteiger partial charge in [0.25, 0.3) is 0 Å². The molecule has 0 aliphatic carbocycles. The van der Waals surface area contributed by atoms with Crippen LogP contribution in [0.25, 0.3) is 10.9 Å². The number of halogens is 1. The Hall–Kier alpha value is -3.40. The van der Waals surface area contributed by atoms with E-state index < -0.39 is 0 Å². The Labute approximate surface area is 188 Å². The van der Waals surface area contributed by atoms with Crippen molar-refractivity contribution >= 4 is 16.7 Å². The topological polar surface area (TPSA) is 25.4 Å². The number of benzene rings is 3. The molecule has 0 amide bonds. The number of piperidine rings is 1. The van der Waals surface area contributed by atoms with E-state index in [0.29, 0.717) is 17.2 Å². The number of rotatable bonds is 6. The average molecular weight is 427 g/mol. The molecule has 0 radical (unpaired) electrons. The Morgan fingerprint density at radius 1 is 0.844 bits per heavy atom. The van der Waals surface area contributed by atoms with Gasteiger partial charge in [-0.3, -0.25) is 0 Å². The quantitative estimate of drug-likeness (QED) is 0.356. The molecule has 5 rings (SSSR count). The third kappa shape index (κ3) is 4.59. The van der Waals surface area contributed by atoms with Gasteiger partial charge in [0.05, 0.1) is 0 Å². The second-order valence-electron chi connectivity index (χ2n) is 8.50. The SMILES string of the molecule is Fc1ccccc1COc1cccc2ccc(N3CCC(Cc4ccccc4)CC3)nc12. The van der Waals surface area contributed by atoms with Gasteiger partial charge in [-0.2, -0.15) is 0 Å². The molecule has 162 valence electrons. The molecular formula is C28H27FN2O. The van der Waals surface area contributed by atoms with Crippen molar-refractivity contribution in [1.29, 1.82) is 0 Å². The minimum atomic E-state index is -0.250. The van der Waals surface area contributed by atoms with Gasteiger partial charge >= 0.3 is 0 Å². The van der Waals surface area contributed by atoms with Crippen molar-refractivity contribution in [3.05, 3.63) is 102 Å². The molecule has 0 unspecified atom stereocenters. The van der Waals surface area contributed by atoms with E-state index in [0.717, 1.165) is 36.2 Å². The maximum Gasteiger partial charge on any atom is 0.146 e. The number of nitrogens with zero attached hydrogens (tertiary/aromatic N) is 2. The lowest BCUT2D eigenvalue weighted by Gasteiger charge is -2.33. The van der Waals surface area contributed by atoms with Gasteiger partial charge in [0.15, 0.2) is 0 Å². The van der Waals surface area contributed by atoms with Crippen LogP contribution in [-0.4, -0.2) is 18.1 Å². The molecule has 4 aromatic rings. The van der Waals surface area contributed by atoms with Crippen molar-refractivity contribution in [2.75, 3.05) is 18.0 Å². The smallest absolute Gasteiger partial charge is 0.146 e. The van der Waals surface area contributed by atoms with Gasteiger partial charge in [-0.15, -0.1) is 0 Å². The van der Waals surface area contributed by atoms with Crippen molar-refractivity contribution < 1.29 is 9.13 Å². The Balaban J connectivity index is 1.29. The number of para-hydroxylation sites is 1. The second kappa shape index (κ2) is 9.39. The predicted octanol–water partition coefficient (Wildman–Crippen LogP) is 6.41. The largest absolute Gasteiger partial charge is 0.487 e. The lowest BCUT2D eigenvalue weighted by molar-refractivity contribution is 0.303. The summed E-state index contributed by atoms with van der Waals surface area (Å²) in [6.45, 7) is 2.20. The van der Waals surface area contributed by atoms with E-state index in [4.69, 9.17) is 9.72 Å². The van der Waals surface area contributed by atoms with Crippen LogP contribution in [0.3, 0.4) is 0 Å². The lowest BCUT2D eigenvalue weighted by atomic mass is 9.90. The van der Waals surface area contributed by atoms with Crippen molar-refractivity contribution in [2.45, 2.75) is 25.9 Å². The highest BCUT2D eigenvalue weighted by atomic mass is 19.1. The third-order valence-electron chi connectivity index (χ3n) is 6.32. The molecule has 3 nitrogen and oxygen atoms in total. The fourth-order valence-electron chi connectivity index (χ4n) is 4.49. The minimum absolute atomic E-state index is 0.183. The normalized spacial score (nSPS) is 14.6. The fraction of sp³-hybridized carbons (Fsp3) is 0.250. The number of ether oxygens (including phenoxy) is 1. The number of anilines is 1. The average Bonchev–Trinajstić information content (AvgIpc) is 2.84. The Bertz CT molecular complexity index is 1190. The van der Waals surface area contributed by atoms with E-state index in [1.165, 1.54) is 24.5 Å². The summed E-state index contributed by atoms with van der Waals surface area (Å²) < 4.78 is 20.0. The number of hydrogen-bond donors (Lipinski definition) is 0. The van der Waals surface area contributed by atoms with Crippen molar-refractivity contribution in [2.24, 2.45) is 5.92 Å². The number of aromatic nitrogens is 1. The lowest BCUT2D eigenvalue weighted by Crippen LogP contribution is -2.34. The van der Waals surface area contributed by atoms with E-state index in [-0.39, 0.29) is 12.4 Å². The van der Waals surface area contributed by atoms with Gasteiger partial charge in [0.2, 0.25) is 0 Å². The van der Waals surface area contributed by atoms with Crippen LogP contribution in [0, 0.1) is 11.7 Å². The molecule has 1 aliphatic heterocycles. The third-order valence-corrected chi connectivity index (χ3v) is 6.32. The number of fused-ring (bicyclic) bond motifs is 1. The van der Waals surface area contributed by atoms with Gasteiger partial charge in [-0.25, -0.2) is 9.37 Å². The zero-order valence-corrected chi connectivity index (χ0v) is 18.1. The second-order valence-corrected chi connectivity index (χ2v) is 8.50.